The molecule has 4 N–H and O–H groups in total. The SMILES string of the molecule is Cc1nc2cc(=O)[nH]n2c(C)c1CNC(=O)C1CCCCC1(C)N.Cl.Cl. The molecule has 2 atom stereocenters. The number of aromatic nitrogens is 3. The summed E-state index contributed by atoms with van der Waals surface area (Å²) in [4.78, 5) is 28.5. The smallest absolute Gasteiger partial charge is 0.266 e. The van der Waals surface area contributed by atoms with Gasteiger partial charge in [0.15, 0.2) is 5.65 Å². The Morgan fingerprint density at radius 3 is 2.77 bits per heavy atom. The summed E-state index contributed by atoms with van der Waals surface area (Å²) in [6.45, 7) is 6.14. The number of nitrogens with one attached hydrogen (secondary N) is 2. The Morgan fingerprint density at radius 1 is 1.42 bits per heavy atom. The topological polar surface area (TPSA) is 105 Å². The molecule has 1 fully saturated rings. The standard InChI is InChI=1S/C17H25N5O2.2ClH/c1-10-12(11(2)22-14(20-10)8-15(23)21-22)9-19-16(24)13-6-4-5-7-17(13,3)18;;/h8,13H,4-7,9,18H2,1-3H3,(H,19,24)(H,21,23);2*1H. The number of rotatable bonds is 3. The molecule has 146 valence electrons. The molecule has 1 aliphatic carbocycles. The minimum absolute atomic E-state index is 0. The fourth-order valence-corrected chi connectivity index (χ4v) is 3.70. The zero-order valence-electron chi connectivity index (χ0n) is 15.3. The number of hydrogen-bond donors (Lipinski definition) is 3. The van der Waals surface area contributed by atoms with E-state index in [-0.39, 0.29) is 42.2 Å². The van der Waals surface area contributed by atoms with Crippen LogP contribution < -0.4 is 16.6 Å². The van der Waals surface area contributed by atoms with Crippen molar-refractivity contribution in [2.75, 3.05) is 0 Å². The Hall–Kier alpha value is -1.57. The van der Waals surface area contributed by atoms with E-state index in [1.165, 1.54) is 6.07 Å². The third-order valence-corrected chi connectivity index (χ3v) is 5.21. The lowest BCUT2D eigenvalue weighted by molar-refractivity contribution is -0.128. The Balaban J connectivity index is 0.00000169. The van der Waals surface area contributed by atoms with Crippen molar-refractivity contribution in [3.05, 3.63) is 33.4 Å². The Labute approximate surface area is 164 Å². The first-order valence-corrected chi connectivity index (χ1v) is 8.44. The van der Waals surface area contributed by atoms with Crippen molar-refractivity contribution < 1.29 is 4.79 Å². The van der Waals surface area contributed by atoms with Crippen LogP contribution in [0.2, 0.25) is 0 Å². The van der Waals surface area contributed by atoms with Gasteiger partial charge < -0.3 is 11.1 Å². The second-order valence-electron chi connectivity index (χ2n) is 7.10. The third kappa shape index (κ3) is 4.22. The number of amides is 1. The third-order valence-electron chi connectivity index (χ3n) is 5.21. The van der Waals surface area contributed by atoms with Crippen molar-refractivity contribution in [3.63, 3.8) is 0 Å². The molecule has 1 saturated carbocycles. The number of halogens is 2. The molecule has 1 amide bonds. The summed E-state index contributed by atoms with van der Waals surface area (Å²) in [7, 11) is 0. The van der Waals surface area contributed by atoms with Crippen LogP contribution in [0.15, 0.2) is 10.9 Å². The molecule has 2 unspecified atom stereocenters. The molecule has 1 aliphatic rings. The van der Waals surface area contributed by atoms with Crippen LogP contribution >= 0.6 is 24.8 Å². The van der Waals surface area contributed by atoms with E-state index in [9.17, 15) is 9.59 Å². The van der Waals surface area contributed by atoms with Crippen molar-refractivity contribution in [1.29, 1.82) is 0 Å². The second kappa shape index (κ2) is 8.41. The van der Waals surface area contributed by atoms with E-state index in [0.29, 0.717) is 12.2 Å². The van der Waals surface area contributed by atoms with Crippen LogP contribution in [0, 0.1) is 19.8 Å². The van der Waals surface area contributed by atoms with Crippen molar-refractivity contribution in [3.8, 4) is 0 Å². The van der Waals surface area contributed by atoms with Gasteiger partial charge in [0.25, 0.3) is 5.56 Å². The number of carbonyl (C=O) groups is 1. The number of H-pyrrole nitrogens is 1. The first kappa shape index (κ1) is 22.5. The van der Waals surface area contributed by atoms with Gasteiger partial charge in [-0.1, -0.05) is 12.8 Å². The highest BCUT2D eigenvalue weighted by Gasteiger charge is 2.37. The molecule has 0 bridgehead atoms. The maximum Gasteiger partial charge on any atom is 0.266 e. The largest absolute Gasteiger partial charge is 0.352 e. The maximum atomic E-state index is 12.6. The van der Waals surface area contributed by atoms with Gasteiger partial charge in [0.2, 0.25) is 5.91 Å². The lowest BCUT2D eigenvalue weighted by Gasteiger charge is -2.37. The number of fused-ring (bicyclic) bond motifs is 1. The van der Waals surface area contributed by atoms with Gasteiger partial charge in [-0.15, -0.1) is 24.8 Å². The van der Waals surface area contributed by atoms with Gasteiger partial charge in [0.1, 0.15) is 0 Å². The Bertz CT molecular complexity index is 844. The summed E-state index contributed by atoms with van der Waals surface area (Å²) < 4.78 is 1.66. The van der Waals surface area contributed by atoms with Gasteiger partial charge in [0, 0.05) is 35.1 Å². The first-order valence-electron chi connectivity index (χ1n) is 8.44. The van der Waals surface area contributed by atoms with E-state index in [0.717, 1.165) is 42.6 Å². The average Bonchev–Trinajstić information content (AvgIpc) is 2.87. The van der Waals surface area contributed by atoms with E-state index >= 15 is 0 Å². The monoisotopic (exact) mass is 403 g/mol. The van der Waals surface area contributed by atoms with Crippen molar-refractivity contribution >= 4 is 36.4 Å². The lowest BCUT2D eigenvalue weighted by atomic mass is 9.74. The highest BCUT2D eigenvalue weighted by molar-refractivity contribution is 5.85. The van der Waals surface area contributed by atoms with Crippen LogP contribution in [0.5, 0.6) is 0 Å². The molecule has 2 heterocycles. The predicted octanol–water partition coefficient (Wildman–Crippen LogP) is 2.01. The Morgan fingerprint density at radius 2 is 2.12 bits per heavy atom. The number of carbonyl (C=O) groups excluding carboxylic acids is 1. The van der Waals surface area contributed by atoms with E-state index in [4.69, 9.17) is 5.73 Å². The van der Waals surface area contributed by atoms with Gasteiger partial charge in [0.05, 0.1) is 5.92 Å². The summed E-state index contributed by atoms with van der Waals surface area (Å²) in [5.41, 5.74) is 8.87. The van der Waals surface area contributed by atoms with E-state index < -0.39 is 5.54 Å². The van der Waals surface area contributed by atoms with Crippen LogP contribution in [-0.4, -0.2) is 26.0 Å². The van der Waals surface area contributed by atoms with Crippen LogP contribution in [0.4, 0.5) is 0 Å². The van der Waals surface area contributed by atoms with Crippen LogP contribution in [0.3, 0.4) is 0 Å². The highest BCUT2D eigenvalue weighted by atomic mass is 35.5. The van der Waals surface area contributed by atoms with Gasteiger partial charge in [-0.25, -0.2) is 9.50 Å². The number of aromatic amines is 1. The highest BCUT2D eigenvalue weighted by Crippen LogP contribution is 2.31. The molecule has 2 aromatic heterocycles. The number of nitrogens with two attached hydrogens (primary N) is 1. The molecule has 3 rings (SSSR count). The summed E-state index contributed by atoms with van der Waals surface area (Å²) in [6, 6.07) is 1.46. The molecule has 0 spiro atoms. The molecule has 0 radical (unpaired) electrons. The molecule has 26 heavy (non-hydrogen) atoms. The molecular weight excluding hydrogens is 377 g/mol. The first-order chi connectivity index (χ1) is 11.3. The number of aryl methyl sites for hydroxylation is 2. The van der Waals surface area contributed by atoms with Crippen molar-refractivity contribution in [2.45, 2.75) is 58.5 Å². The molecule has 0 saturated heterocycles. The van der Waals surface area contributed by atoms with E-state index in [1.54, 1.807) is 4.52 Å². The summed E-state index contributed by atoms with van der Waals surface area (Å²) in [6.07, 6.45) is 3.83. The molecular formula is C17H27Cl2N5O2. The zero-order chi connectivity index (χ0) is 17.5. The molecule has 0 aliphatic heterocycles. The predicted molar refractivity (Wildman–Crippen MR) is 106 cm³/mol. The summed E-state index contributed by atoms with van der Waals surface area (Å²) in [5.74, 6) is -0.158. The van der Waals surface area contributed by atoms with Crippen LogP contribution in [0.1, 0.15) is 49.6 Å². The van der Waals surface area contributed by atoms with Crippen molar-refractivity contribution in [1.82, 2.24) is 19.9 Å². The van der Waals surface area contributed by atoms with E-state index in [1.807, 2.05) is 20.8 Å². The quantitative estimate of drug-likeness (QED) is 0.728. The van der Waals surface area contributed by atoms with Gasteiger partial charge in [-0.2, -0.15) is 0 Å². The molecule has 7 nitrogen and oxygen atoms in total. The second-order valence-corrected chi connectivity index (χ2v) is 7.10. The summed E-state index contributed by atoms with van der Waals surface area (Å²) >= 11 is 0. The zero-order valence-corrected chi connectivity index (χ0v) is 16.9. The van der Waals surface area contributed by atoms with Gasteiger partial charge >= 0.3 is 0 Å². The average molecular weight is 404 g/mol. The van der Waals surface area contributed by atoms with Crippen LogP contribution in [-0.2, 0) is 11.3 Å². The number of nitrogens with zero attached hydrogens (tertiary/aromatic N) is 2. The van der Waals surface area contributed by atoms with Gasteiger partial charge in [-0.3, -0.25) is 14.7 Å². The molecule has 0 aromatic carbocycles. The maximum absolute atomic E-state index is 12.6. The Kier molecular flexibility index (Phi) is 7.27. The lowest BCUT2D eigenvalue weighted by Crippen LogP contribution is -2.52. The molecule has 9 heteroatoms. The minimum atomic E-state index is -0.444. The van der Waals surface area contributed by atoms with E-state index in [2.05, 4.69) is 15.4 Å². The van der Waals surface area contributed by atoms with Crippen LogP contribution in [0.25, 0.3) is 5.65 Å². The number of hydrogen-bond acceptors (Lipinski definition) is 4. The normalized spacial score (nSPS) is 22.4. The fraction of sp³-hybridized carbons (Fsp3) is 0.588. The van der Waals surface area contributed by atoms with Gasteiger partial charge in [-0.05, 0) is 33.6 Å². The summed E-state index contributed by atoms with van der Waals surface area (Å²) in [5, 5.41) is 5.74. The molecule has 2 aromatic rings. The fourth-order valence-electron chi connectivity index (χ4n) is 3.70. The minimum Gasteiger partial charge on any atom is -0.352 e. The van der Waals surface area contributed by atoms with Crippen molar-refractivity contribution in [2.24, 2.45) is 11.7 Å².